The van der Waals surface area contributed by atoms with Crippen LogP contribution >= 0.6 is 11.3 Å². The van der Waals surface area contributed by atoms with Crippen LogP contribution in [0.5, 0.6) is 0 Å². The Morgan fingerprint density at radius 1 is 0.739 bits per heavy atom. The predicted molar refractivity (Wildman–Crippen MR) is 195 cm³/mol. The molecule has 5 heteroatoms. The van der Waals surface area contributed by atoms with E-state index in [2.05, 4.69) is 84.2 Å². The molecule has 0 spiro atoms. The fourth-order valence-corrected chi connectivity index (χ4v) is 6.76. The number of benzene rings is 6. The van der Waals surface area contributed by atoms with Crippen LogP contribution in [0.2, 0.25) is 0 Å². The lowest BCUT2D eigenvalue weighted by molar-refractivity contribution is 0.911. The standard InChI is InChI=1S/C41H30N4S/c42-26-28-11-9-17-32(21-28)38(25-37(43)31-15-5-2-6-16-31)44-27-29-12-10-18-33(22-29)45-39-23-36-34-19-7-8-20-40(34)46-41(36)24-35(39)30-13-3-1-4-14-30/h1-25,27,37,45H,43H2/b38-25-,44-27+. The van der Waals surface area contributed by atoms with Crippen LogP contribution in [0, 0.1) is 11.3 Å². The summed E-state index contributed by atoms with van der Waals surface area (Å²) in [6, 6.07) is 51.1. The molecule has 7 aromatic rings. The van der Waals surface area contributed by atoms with Crippen molar-refractivity contribution in [3.8, 4) is 17.2 Å². The van der Waals surface area contributed by atoms with E-state index in [1.54, 1.807) is 6.07 Å². The van der Waals surface area contributed by atoms with E-state index in [0.717, 1.165) is 39.2 Å². The van der Waals surface area contributed by atoms with Crippen LogP contribution in [0.25, 0.3) is 37.0 Å². The van der Waals surface area contributed by atoms with Gasteiger partial charge in [-0.1, -0.05) is 103 Å². The maximum Gasteiger partial charge on any atom is 0.0991 e. The number of rotatable bonds is 8. The molecule has 0 radical (unpaired) electrons. The molecule has 0 bridgehead atoms. The molecule has 3 N–H and O–H groups in total. The van der Waals surface area contributed by atoms with Crippen molar-refractivity contribution in [2.75, 3.05) is 5.32 Å². The molecule has 1 heterocycles. The number of anilines is 2. The minimum atomic E-state index is -0.355. The van der Waals surface area contributed by atoms with E-state index < -0.39 is 0 Å². The summed E-state index contributed by atoms with van der Waals surface area (Å²) in [6.07, 6.45) is 3.79. The van der Waals surface area contributed by atoms with Crippen molar-refractivity contribution in [1.82, 2.24) is 0 Å². The van der Waals surface area contributed by atoms with Crippen LogP contribution < -0.4 is 11.1 Å². The van der Waals surface area contributed by atoms with Crippen molar-refractivity contribution in [1.29, 1.82) is 5.26 Å². The number of nitriles is 1. The highest BCUT2D eigenvalue weighted by atomic mass is 32.1. The third-order valence-corrected chi connectivity index (χ3v) is 9.06. The van der Waals surface area contributed by atoms with Crippen LogP contribution in [0.1, 0.15) is 28.3 Å². The predicted octanol–water partition coefficient (Wildman–Crippen LogP) is 10.5. The van der Waals surface area contributed by atoms with Crippen LogP contribution in [0.15, 0.2) is 157 Å². The zero-order valence-electron chi connectivity index (χ0n) is 25.0. The molecule has 0 saturated heterocycles. The lowest BCUT2D eigenvalue weighted by Gasteiger charge is -2.14. The van der Waals surface area contributed by atoms with E-state index in [1.807, 2.05) is 90.4 Å². The Morgan fingerprint density at radius 3 is 2.33 bits per heavy atom. The van der Waals surface area contributed by atoms with Gasteiger partial charge in [0.25, 0.3) is 0 Å². The van der Waals surface area contributed by atoms with Crippen molar-refractivity contribution in [3.05, 3.63) is 174 Å². The molecule has 1 atom stereocenters. The number of hydrogen-bond donors (Lipinski definition) is 2. The number of nitrogens with zero attached hydrogens (tertiary/aromatic N) is 2. The van der Waals surface area contributed by atoms with Gasteiger partial charge in [-0.2, -0.15) is 5.26 Å². The van der Waals surface area contributed by atoms with E-state index >= 15 is 0 Å². The van der Waals surface area contributed by atoms with Crippen molar-refractivity contribution in [3.63, 3.8) is 0 Å². The first-order chi connectivity index (χ1) is 22.6. The first-order valence-electron chi connectivity index (χ1n) is 15.1. The molecule has 7 rings (SSSR count). The fourth-order valence-electron chi connectivity index (χ4n) is 5.63. The van der Waals surface area contributed by atoms with E-state index in [0.29, 0.717) is 11.3 Å². The molecule has 1 aromatic heterocycles. The number of fused-ring (bicyclic) bond motifs is 3. The lowest BCUT2D eigenvalue weighted by Crippen LogP contribution is -2.07. The lowest BCUT2D eigenvalue weighted by atomic mass is 10.0. The number of aliphatic imine (C=N–C) groups is 1. The normalized spacial score (nSPS) is 12.4. The Balaban J connectivity index is 1.25. The summed E-state index contributed by atoms with van der Waals surface area (Å²) < 4.78 is 2.54. The summed E-state index contributed by atoms with van der Waals surface area (Å²) in [5.41, 5.74) is 14.9. The largest absolute Gasteiger partial charge is 0.355 e. The number of nitrogens with one attached hydrogen (secondary N) is 1. The highest BCUT2D eigenvalue weighted by molar-refractivity contribution is 7.25. The van der Waals surface area contributed by atoms with E-state index in [9.17, 15) is 5.26 Å². The molecule has 0 amide bonds. The summed E-state index contributed by atoms with van der Waals surface area (Å²) >= 11 is 1.82. The molecule has 46 heavy (non-hydrogen) atoms. The smallest absolute Gasteiger partial charge is 0.0991 e. The average molecular weight is 611 g/mol. The molecule has 6 aromatic carbocycles. The maximum absolute atomic E-state index is 9.51. The third-order valence-electron chi connectivity index (χ3n) is 7.93. The monoisotopic (exact) mass is 610 g/mol. The minimum absolute atomic E-state index is 0.355. The topological polar surface area (TPSA) is 74.2 Å². The van der Waals surface area contributed by atoms with Gasteiger partial charge in [0.2, 0.25) is 0 Å². The second kappa shape index (κ2) is 13.1. The van der Waals surface area contributed by atoms with E-state index in [4.69, 9.17) is 10.7 Å². The van der Waals surface area contributed by atoms with Gasteiger partial charge in [0.15, 0.2) is 0 Å². The second-order valence-electron chi connectivity index (χ2n) is 11.0. The van der Waals surface area contributed by atoms with Crippen LogP contribution in [0.4, 0.5) is 11.4 Å². The van der Waals surface area contributed by atoms with Crippen molar-refractivity contribution >= 4 is 54.8 Å². The highest BCUT2D eigenvalue weighted by Crippen LogP contribution is 2.41. The Kier molecular flexibility index (Phi) is 8.21. The summed E-state index contributed by atoms with van der Waals surface area (Å²) in [4.78, 5) is 4.91. The molecular weight excluding hydrogens is 581 g/mol. The number of hydrogen-bond acceptors (Lipinski definition) is 5. The molecule has 0 fully saturated rings. The molecule has 0 saturated carbocycles. The SMILES string of the molecule is N#Cc1cccc(C(=C/C(N)c2ccccc2)/N=C/c2cccc(Nc3cc4c(cc3-c3ccccc3)sc3ccccc34)c2)c1. The van der Waals surface area contributed by atoms with Gasteiger partial charge >= 0.3 is 0 Å². The van der Waals surface area contributed by atoms with Gasteiger partial charge in [-0.25, -0.2) is 0 Å². The summed E-state index contributed by atoms with van der Waals surface area (Å²) in [7, 11) is 0. The van der Waals surface area contributed by atoms with Gasteiger partial charge in [-0.3, -0.25) is 4.99 Å². The third kappa shape index (κ3) is 6.22. The van der Waals surface area contributed by atoms with Gasteiger partial charge in [0, 0.05) is 48.9 Å². The molecule has 0 aliphatic carbocycles. The van der Waals surface area contributed by atoms with Crippen molar-refractivity contribution in [2.24, 2.45) is 10.7 Å². The highest BCUT2D eigenvalue weighted by Gasteiger charge is 2.13. The van der Waals surface area contributed by atoms with Crippen LogP contribution in [0.3, 0.4) is 0 Å². The zero-order chi connectivity index (χ0) is 31.3. The van der Waals surface area contributed by atoms with Gasteiger partial charge in [0.05, 0.1) is 23.4 Å². The summed E-state index contributed by atoms with van der Waals surface area (Å²) in [6.45, 7) is 0. The minimum Gasteiger partial charge on any atom is -0.355 e. The van der Waals surface area contributed by atoms with E-state index in [-0.39, 0.29) is 6.04 Å². The van der Waals surface area contributed by atoms with Crippen molar-refractivity contribution < 1.29 is 0 Å². The number of thiophene rings is 1. The quantitative estimate of drug-likeness (QED) is 0.168. The maximum atomic E-state index is 9.51. The molecule has 4 nitrogen and oxygen atoms in total. The molecule has 0 aliphatic rings. The molecule has 0 aliphatic heterocycles. The van der Waals surface area contributed by atoms with Gasteiger partial charge in [-0.15, -0.1) is 11.3 Å². The van der Waals surface area contributed by atoms with Crippen LogP contribution in [-0.2, 0) is 0 Å². The average Bonchev–Trinajstić information content (AvgIpc) is 3.48. The molecule has 220 valence electrons. The van der Waals surface area contributed by atoms with E-state index in [1.165, 1.54) is 20.2 Å². The van der Waals surface area contributed by atoms with Crippen molar-refractivity contribution in [2.45, 2.75) is 6.04 Å². The fraction of sp³-hybridized carbons (Fsp3) is 0.0244. The summed E-state index contributed by atoms with van der Waals surface area (Å²) in [5.74, 6) is 0. The van der Waals surface area contributed by atoms with Gasteiger partial charge in [0.1, 0.15) is 0 Å². The van der Waals surface area contributed by atoms with Crippen LogP contribution in [-0.4, -0.2) is 6.21 Å². The second-order valence-corrected chi connectivity index (χ2v) is 12.1. The molecular formula is C41H30N4S. The Morgan fingerprint density at radius 2 is 1.50 bits per heavy atom. The Bertz CT molecular complexity index is 2260. The Labute approximate surface area is 272 Å². The summed E-state index contributed by atoms with van der Waals surface area (Å²) in [5, 5.41) is 15.7. The molecule has 1 unspecified atom stereocenters. The Hall–Kier alpha value is -5.80. The van der Waals surface area contributed by atoms with Gasteiger partial charge in [-0.05, 0) is 65.2 Å². The zero-order valence-corrected chi connectivity index (χ0v) is 25.8. The first kappa shape index (κ1) is 28.9. The first-order valence-corrected chi connectivity index (χ1v) is 15.9. The number of nitrogens with two attached hydrogens (primary N) is 1. The van der Waals surface area contributed by atoms with Gasteiger partial charge < -0.3 is 11.1 Å².